The van der Waals surface area contributed by atoms with Gasteiger partial charge in [0.25, 0.3) is 0 Å². The Morgan fingerprint density at radius 1 is 1.32 bits per heavy atom. The van der Waals surface area contributed by atoms with E-state index in [1.54, 1.807) is 12.1 Å². The molecule has 2 rings (SSSR count). The minimum absolute atomic E-state index is 0.0258. The van der Waals surface area contributed by atoms with Crippen LogP contribution in [0, 0.1) is 5.82 Å². The van der Waals surface area contributed by atoms with Gasteiger partial charge in [-0.25, -0.2) is 4.39 Å². The Morgan fingerprint density at radius 2 is 2.00 bits per heavy atom. The van der Waals surface area contributed by atoms with E-state index in [4.69, 9.17) is 4.52 Å². The predicted molar refractivity (Wildman–Crippen MR) is 70.0 cm³/mol. The Labute approximate surface area is 112 Å². The van der Waals surface area contributed by atoms with E-state index in [-0.39, 0.29) is 11.9 Å². The molecule has 2 aromatic rings. The molecule has 102 valence electrons. The Balaban J connectivity index is 2.02. The number of nitrogens with zero attached hydrogens (tertiary/aromatic N) is 3. The van der Waals surface area contributed by atoms with Crippen LogP contribution in [0.25, 0.3) is 0 Å². The standard InChI is InChI=1S/C14H18FN3O/c1-4-13-16-14(19-17-13)10(2)18(3)9-11-5-7-12(15)8-6-11/h5-8,10H,4,9H2,1-3H3/t10-/m0/s1. The Bertz CT molecular complexity index is 524. The Hall–Kier alpha value is -1.75. The molecule has 0 saturated heterocycles. The van der Waals surface area contributed by atoms with E-state index in [2.05, 4.69) is 15.0 Å². The van der Waals surface area contributed by atoms with Crippen LogP contribution in [0.3, 0.4) is 0 Å². The van der Waals surface area contributed by atoms with Crippen molar-refractivity contribution < 1.29 is 8.91 Å². The molecule has 0 aliphatic rings. The van der Waals surface area contributed by atoms with Crippen molar-refractivity contribution in [3.05, 3.63) is 47.4 Å². The Morgan fingerprint density at radius 3 is 2.58 bits per heavy atom. The average molecular weight is 263 g/mol. The van der Waals surface area contributed by atoms with Crippen LogP contribution in [0.5, 0.6) is 0 Å². The lowest BCUT2D eigenvalue weighted by Gasteiger charge is -2.21. The van der Waals surface area contributed by atoms with Crippen LogP contribution in [0.1, 0.15) is 37.2 Å². The molecule has 1 aromatic carbocycles. The molecular weight excluding hydrogens is 245 g/mol. The van der Waals surface area contributed by atoms with Crippen LogP contribution >= 0.6 is 0 Å². The lowest BCUT2D eigenvalue weighted by Crippen LogP contribution is -2.22. The zero-order valence-corrected chi connectivity index (χ0v) is 11.4. The maximum absolute atomic E-state index is 12.8. The molecule has 4 nitrogen and oxygen atoms in total. The van der Waals surface area contributed by atoms with E-state index in [0.29, 0.717) is 12.4 Å². The van der Waals surface area contributed by atoms with Crippen molar-refractivity contribution in [2.45, 2.75) is 32.9 Å². The van der Waals surface area contributed by atoms with Crippen LogP contribution in [-0.4, -0.2) is 22.1 Å². The summed E-state index contributed by atoms with van der Waals surface area (Å²) in [6, 6.07) is 6.52. The van der Waals surface area contributed by atoms with Gasteiger partial charge in [0.05, 0.1) is 6.04 Å². The number of hydrogen-bond donors (Lipinski definition) is 0. The minimum Gasteiger partial charge on any atom is -0.338 e. The summed E-state index contributed by atoms with van der Waals surface area (Å²) in [5, 5.41) is 3.89. The first-order valence-corrected chi connectivity index (χ1v) is 6.37. The van der Waals surface area contributed by atoms with Gasteiger partial charge in [0.1, 0.15) is 5.82 Å². The second-order valence-electron chi connectivity index (χ2n) is 4.62. The topological polar surface area (TPSA) is 42.2 Å². The molecule has 19 heavy (non-hydrogen) atoms. The van der Waals surface area contributed by atoms with E-state index in [0.717, 1.165) is 17.8 Å². The van der Waals surface area contributed by atoms with E-state index in [9.17, 15) is 4.39 Å². The highest BCUT2D eigenvalue weighted by molar-refractivity contribution is 5.16. The van der Waals surface area contributed by atoms with E-state index >= 15 is 0 Å². The first kappa shape index (κ1) is 13.7. The maximum Gasteiger partial charge on any atom is 0.243 e. The van der Waals surface area contributed by atoms with E-state index < -0.39 is 0 Å². The molecular formula is C14H18FN3O. The van der Waals surface area contributed by atoms with Crippen LogP contribution in [-0.2, 0) is 13.0 Å². The third-order valence-corrected chi connectivity index (χ3v) is 3.16. The van der Waals surface area contributed by atoms with E-state index in [1.165, 1.54) is 12.1 Å². The van der Waals surface area contributed by atoms with E-state index in [1.807, 2.05) is 20.9 Å². The molecule has 0 fully saturated rings. The zero-order chi connectivity index (χ0) is 13.8. The molecule has 0 radical (unpaired) electrons. The molecule has 0 aliphatic carbocycles. The molecule has 0 spiro atoms. The number of rotatable bonds is 5. The number of aromatic nitrogens is 2. The van der Waals surface area contributed by atoms with Crippen LogP contribution in [0.4, 0.5) is 4.39 Å². The predicted octanol–water partition coefficient (Wildman–Crippen LogP) is 2.96. The summed E-state index contributed by atoms with van der Waals surface area (Å²) < 4.78 is 18.1. The van der Waals surface area contributed by atoms with Crippen molar-refractivity contribution in [1.29, 1.82) is 0 Å². The summed E-state index contributed by atoms with van der Waals surface area (Å²) in [6.07, 6.45) is 0.762. The summed E-state index contributed by atoms with van der Waals surface area (Å²) in [5.41, 5.74) is 1.05. The van der Waals surface area contributed by atoms with Gasteiger partial charge in [-0.1, -0.05) is 24.2 Å². The molecule has 0 unspecified atom stereocenters. The number of aryl methyl sites for hydroxylation is 1. The smallest absolute Gasteiger partial charge is 0.243 e. The summed E-state index contributed by atoms with van der Waals surface area (Å²) in [6.45, 7) is 4.70. The molecule has 0 amide bonds. The van der Waals surface area contributed by atoms with Gasteiger partial charge in [-0.15, -0.1) is 0 Å². The Kier molecular flexibility index (Phi) is 4.27. The fourth-order valence-corrected chi connectivity index (χ4v) is 1.78. The fraction of sp³-hybridized carbons (Fsp3) is 0.429. The summed E-state index contributed by atoms with van der Waals surface area (Å²) >= 11 is 0. The highest BCUT2D eigenvalue weighted by Gasteiger charge is 2.18. The second kappa shape index (κ2) is 5.93. The molecule has 1 atom stereocenters. The van der Waals surface area contributed by atoms with Gasteiger partial charge >= 0.3 is 0 Å². The first-order chi connectivity index (χ1) is 9.10. The summed E-state index contributed by atoms with van der Waals surface area (Å²) in [4.78, 5) is 6.41. The molecule has 0 saturated carbocycles. The minimum atomic E-state index is -0.219. The van der Waals surface area contributed by atoms with Crippen molar-refractivity contribution in [1.82, 2.24) is 15.0 Å². The van der Waals surface area contributed by atoms with Crippen molar-refractivity contribution >= 4 is 0 Å². The summed E-state index contributed by atoms with van der Waals surface area (Å²) in [7, 11) is 1.98. The molecule has 0 N–H and O–H groups in total. The fourth-order valence-electron chi connectivity index (χ4n) is 1.78. The van der Waals surface area contributed by atoms with Gasteiger partial charge < -0.3 is 4.52 Å². The number of hydrogen-bond acceptors (Lipinski definition) is 4. The number of halogens is 1. The van der Waals surface area contributed by atoms with Gasteiger partial charge in [-0.05, 0) is 31.7 Å². The highest BCUT2D eigenvalue weighted by Crippen LogP contribution is 2.19. The monoisotopic (exact) mass is 263 g/mol. The van der Waals surface area contributed by atoms with Gasteiger partial charge in [-0.2, -0.15) is 4.98 Å². The van der Waals surface area contributed by atoms with Gasteiger partial charge in [0.2, 0.25) is 5.89 Å². The lowest BCUT2D eigenvalue weighted by atomic mass is 10.2. The molecule has 1 heterocycles. The third kappa shape index (κ3) is 3.38. The average Bonchev–Trinajstić information content (AvgIpc) is 2.89. The largest absolute Gasteiger partial charge is 0.338 e. The van der Waals surface area contributed by atoms with Crippen molar-refractivity contribution in [2.75, 3.05) is 7.05 Å². The van der Waals surface area contributed by atoms with Crippen molar-refractivity contribution in [3.8, 4) is 0 Å². The molecule has 5 heteroatoms. The highest BCUT2D eigenvalue weighted by atomic mass is 19.1. The maximum atomic E-state index is 12.8. The van der Waals surface area contributed by atoms with Gasteiger partial charge in [0.15, 0.2) is 5.82 Å². The quantitative estimate of drug-likeness (QED) is 0.831. The second-order valence-corrected chi connectivity index (χ2v) is 4.62. The lowest BCUT2D eigenvalue weighted by molar-refractivity contribution is 0.202. The third-order valence-electron chi connectivity index (χ3n) is 3.16. The normalized spacial score (nSPS) is 12.9. The van der Waals surface area contributed by atoms with Crippen LogP contribution in [0.15, 0.2) is 28.8 Å². The molecule has 0 bridgehead atoms. The molecule has 0 aliphatic heterocycles. The van der Waals surface area contributed by atoms with Crippen molar-refractivity contribution in [3.63, 3.8) is 0 Å². The van der Waals surface area contributed by atoms with Gasteiger partial charge in [-0.3, -0.25) is 4.90 Å². The molecule has 1 aromatic heterocycles. The van der Waals surface area contributed by atoms with Crippen LogP contribution in [0.2, 0.25) is 0 Å². The number of benzene rings is 1. The van der Waals surface area contributed by atoms with Gasteiger partial charge in [0, 0.05) is 13.0 Å². The van der Waals surface area contributed by atoms with Crippen LogP contribution < -0.4 is 0 Å². The summed E-state index contributed by atoms with van der Waals surface area (Å²) in [5.74, 6) is 1.11. The SMILES string of the molecule is CCc1noc([C@H](C)N(C)Cc2ccc(F)cc2)n1. The first-order valence-electron chi connectivity index (χ1n) is 6.37. The van der Waals surface area contributed by atoms with Crippen molar-refractivity contribution in [2.24, 2.45) is 0 Å². The zero-order valence-electron chi connectivity index (χ0n) is 11.4.